The molecule has 1 fully saturated rings. The molecule has 29 heavy (non-hydrogen) atoms. The highest BCUT2D eigenvalue weighted by Crippen LogP contribution is 2.21. The summed E-state index contributed by atoms with van der Waals surface area (Å²) >= 11 is 0. The van der Waals surface area contributed by atoms with Gasteiger partial charge >= 0.3 is 0 Å². The average Bonchev–Trinajstić information content (AvgIpc) is 3.28. The Morgan fingerprint density at radius 1 is 0.931 bits per heavy atom. The maximum absolute atomic E-state index is 12.9. The number of halogens is 1. The Balaban J connectivity index is 1.22. The third-order valence-corrected chi connectivity index (χ3v) is 5.04. The molecular formula is C23H26FN3O2. The van der Waals surface area contributed by atoms with Gasteiger partial charge in [0.2, 0.25) is 0 Å². The Morgan fingerprint density at radius 3 is 2.38 bits per heavy atom. The first kappa shape index (κ1) is 19.3. The van der Waals surface area contributed by atoms with Crippen molar-refractivity contribution in [2.24, 2.45) is 0 Å². The molecule has 0 radical (unpaired) electrons. The fourth-order valence-electron chi connectivity index (χ4n) is 3.37. The van der Waals surface area contributed by atoms with Crippen LogP contribution in [0.25, 0.3) is 0 Å². The summed E-state index contributed by atoms with van der Waals surface area (Å²) in [7, 11) is 0. The van der Waals surface area contributed by atoms with Gasteiger partial charge in [-0.25, -0.2) is 4.39 Å². The highest BCUT2D eigenvalue weighted by molar-refractivity contribution is 5.52. The standard InChI is InChI=1S/C23H26FN3O2/c24-20-5-3-19(4-6-20)18-29-23-11-14-27(25-17-23)21-7-9-22(10-8-21)28-16-15-26-12-1-2-13-26/h3-11,14,17,25H,1-2,12-13,15-16,18H2. The minimum Gasteiger partial charge on any atom is -0.492 e. The van der Waals surface area contributed by atoms with E-state index in [0.717, 1.165) is 30.2 Å². The minimum absolute atomic E-state index is 0.245. The fraction of sp³-hybridized carbons (Fsp3) is 0.304. The first-order valence-corrected chi connectivity index (χ1v) is 10.0. The molecule has 1 N–H and O–H groups in total. The lowest BCUT2D eigenvalue weighted by atomic mass is 10.2. The summed E-state index contributed by atoms with van der Waals surface area (Å²) in [5, 5.41) is 1.90. The van der Waals surface area contributed by atoms with Gasteiger partial charge in [0.1, 0.15) is 30.5 Å². The predicted octanol–water partition coefficient (Wildman–Crippen LogP) is 4.20. The van der Waals surface area contributed by atoms with Crippen molar-refractivity contribution in [1.82, 2.24) is 10.3 Å². The van der Waals surface area contributed by atoms with E-state index in [1.807, 2.05) is 41.6 Å². The van der Waals surface area contributed by atoms with E-state index in [9.17, 15) is 4.39 Å². The third-order valence-electron chi connectivity index (χ3n) is 5.04. The SMILES string of the molecule is Fc1ccc(COC2=CNN(c3ccc(OCCN4CCCC4)cc3)C=C2)cc1. The maximum atomic E-state index is 12.9. The van der Waals surface area contributed by atoms with Crippen LogP contribution in [0.3, 0.4) is 0 Å². The molecule has 0 atom stereocenters. The van der Waals surface area contributed by atoms with Gasteiger partial charge in [-0.3, -0.25) is 15.3 Å². The second-order valence-electron chi connectivity index (χ2n) is 7.17. The molecule has 4 rings (SSSR count). The Bertz CT molecular complexity index is 843. The van der Waals surface area contributed by atoms with Gasteiger partial charge in [-0.1, -0.05) is 12.1 Å². The minimum atomic E-state index is -0.245. The summed E-state index contributed by atoms with van der Waals surface area (Å²) in [5.41, 5.74) is 5.10. The fourth-order valence-corrected chi connectivity index (χ4v) is 3.37. The summed E-state index contributed by atoms with van der Waals surface area (Å²) in [6.45, 7) is 4.49. The molecule has 5 nitrogen and oxygen atoms in total. The molecule has 2 aliphatic rings. The maximum Gasteiger partial charge on any atom is 0.138 e. The lowest BCUT2D eigenvalue weighted by molar-refractivity contribution is 0.208. The molecule has 0 amide bonds. The van der Waals surface area contributed by atoms with Crippen molar-refractivity contribution in [2.45, 2.75) is 19.4 Å². The molecule has 2 aromatic rings. The molecular weight excluding hydrogens is 369 g/mol. The molecule has 0 aliphatic carbocycles. The third kappa shape index (κ3) is 5.51. The number of hydrogen-bond acceptors (Lipinski definition) is 5. The highest BCUT2D eigenvalue weighted by Gasteiger charge is 2.11. The monoisotopic (exact) mass is 395 g/mol. The van der Waals surface area contributed by atoms with Crippen molar-refractivity contribution in [3.05, 3.63) is 84.1 Å². The van der Waals surface area contributed by atoms with E-state index in [-0.39, 0.29) is 5.82 Å². The van der Waals surface area contributed by atoms with E-state index in [0.29, 0.717) is 12.4 Å². The molecule has 6 heteroatoms. The Hall–Kier alpha value is -2.99. The van der Waals surface area contributed by atoms with E-state index in [1.54, 1.807) is 18.3 Å². The topological polar surface area (TPSA) is 37.0 Å². The Labute approximate surface area is 171 Å². The number of hydrazine groups is 1. The Kier molecular flexibility index (Phi) is 6.32. The molecule has 2 heterocycles. The molecule has 0 unspecified atom stereocenters. The molecule has 0 saturated carbocycles. The van der Waals surface area contributed by atoms with E-state index in [2.05, 4.69) is 10.3 Å². The van der Waals surface area contributed by atoms with Crippen LogP contribution in [0.1, 0.15) is 18.4 Å². The van der Waals surface area contributed by atoms with Crippen LogP contribution < -0.4 is 15.2 Å². The van der Waals surface area contributed by atoms with Gasteiger partial charge in [0, 0.05) is 12.7 Å². The second kappa shape index (κ2) is 9.47. The van der Waals surface area contributed by atoms with E-state index in [1.165, 1.54) is 38.1 Å². The molecule has 152 valence electrons. The van der Waals surface area contributed by atoms with Gasteiger partial charge < -0.3 is 9.47 Å². The summed E-state index contributed by atoms with van der Waals surface area (Å²) in [4.78, 5) is 2.44. The van der Waals surface area contributed by atoms with Crippen LogP contribution in [0.4, 0.5) is 10.1 Å². The lowest BCUT2D eigenvalue weighted by Crippen LogP contribution is -2.31. The normalized spacial score (nSPS) is 16.4. The van der Waals surface area contributed by atoms with Crippen molar-refractivity contribution in [2.75, 3.05) is 31.3 Å². The molecule has 1 saturated heterocycles. The summed E-state index contributed by atoms with van der Waals surface area (Å²) in [6, 6.07) is 14.3. The van der Waals surface area contributed by atoms with Crippen molar-refractivity contribution >= 4 is 5.69 Å². The van der Waals surface area contributed by atoms with E-state index in [4.69, 9.17) is 9.47 Å². The molecule has 0 spiro atoms. The number of rotatable bonds is 8. The number of likely N-dealkylation sites (tertiary alicyclic amines) is 1. The van der Waals surface area contributed by atoms with Crippen molar-refractivity contribution < 1.29 is 13.9 Å². The number of anilines is 1. The first-order chi connectivity index (χ1) is 14.3. The smallest absolute Gasteiger partial charge is 0.138 e. The molecule has 0 bridgehead atoms. The van der Waals surface area contributed by atoms with Crippen LogP contribution in [-0.4, -0.2) is 31.1 Å². The van der Waals surface area contributed by atoms with Crippen LogP contribution in [0, 0.1) is 5.82 Å². The number of nitrogens with one attached hydrogen (secondary N) is 1. The quantitative estimate of drug-likeness (QED) is 0.725. The zero-order valence-corrected chi connectivity index (χ0v) is 16.4. The Morgan fingerprint density at radius 2 is 1.69 bits per heavy atom. The zero-order valence-electron chi connectivity index (χ0n) is 16.4. The van der Waals surface area contributed by atoms with Gasteiger partial charge in [0.05, 0.1) is 11.9 Å². The number of benzene rings is 2. The first-order valence-electron chi connectivity index (χ1n) is 10.0. The molecule has 2 aromatic carbocycles. The van der Waals surface area contributed by atoms with E-state index >= 15 is 0 Å². The largest absolute Gasteiger partial charge is 0.492 e. The van der Waals surface area contributed by atoms with E-state index < -0.39 is 0 Å². The molecule has 0 aromatic heterocycles. The molecule has 2 aliphatic heterocycles. The van der Waals surface area contributed by atoms with Gasteiger partial charge in [-0.2, -0.15) is 0 Å². The van der Waals surface area contributed by atoms with Gasteiger partial charge in [-0.15, -0.1) is 0 Å². The van der Waals surface area contributed by atoms with Crippen LogP contribution in [-0.2, 0) is 11.3 Å². The summed E-state index contributed by atoms with van der Waals surface area (Å²) < 4.78 is 24.5. The number of nitrogens with zero attached hydrogens (tertiary/aromatic N) is 2. The lowest BCUT2D eigenvalue weighted by Gasteiger charge is -2.24. The van der Waals surface area contributed by atoms with Gasteiger partial charge in [0.15, 0.2) is 0 Å². The second-order valence-corrected chi connectivity index (χ2v) is 7.17. The highest BCUT2D eigenvalue weighted by atomic mass is 19.1. The van der Waals surface area contributed by atoms with Crippen LogP contribution in [0.5, 0.6) is 5.75 Å². The van der Waals surface area contributed by atoms with Crippen LogP contribution in [0.2, 0.25) is 0 Å². The predicted molar refractivity (Wildman–Crippen MR) is 112 cm³/mol. The van der Waals surface area contributed by atoms with Crippen LogP contribution >= 0.6 is 0 Å². The van der Waals surface area contributed by atoms with Crippen molar-refractivity contribution in [3.8, 4) is 5.75 Å². The van der Waals surface area contributed by atoms with Crippen molar-refractivity contribution in [3.63, 3.8) is 0 Å². The van der Waals surface area contributed by atoms with Crippen LogP contribution in [0.15, 0.2) is 72.8 Å². The zero-order chi connectivity index (χ0) is 19.9. The number of ether oxygens (including phenoxy) is 2. The number of allylic oxidation sites excluding steroid dienone is 1. The number of hydrogen-bond donors (Lipinski definition) is 1. The average molecular weight is 395 g/mol. The summed E-state index contributed by atoms with van der Waals surface area (Å²) in [5.74, 6) is 1.35. The summed E-state index contributed by atoms with van der Waals surface area (Å²) in [6.07, 6.45) is 8.20. The van der Waals surface area contributed by atoms with Crippen molar-refractivity contribution in [1.29, 1.82) is 0 Å². The van der Waals surface area contributed by atoms with Gasteiger partial charge in [-0.05, 0) is 74.0 Å². The van der Waals surface area contributed by atoms with Gasteiger partial charge in [0.25, 0.3) is 0 Å².